The van der Waals surface area contributed by atoms with Crippen LogP contribution in [0.4, 0.5) is 4.39 Å². The molecule has 0 radical (unpaired) electrons. The number of benzene rings is 1. The average Bonchev–Trinajstić information content (AvgIpc) is 2.32. The molecule has 1 aliphatic heterocycles. The zero-order valence-electron chi connectivity index (χ0n) is 10.2. The highest BCUT2D eigenvalue weighted by Gasteiger charge is 2.22. The lowest BCUT2D eigenvalue weighted by molar-refractivity contribution is -0.125. The van der Waals surface area contributed by atoms with Gasteiger partial charge in [-0.1, -0.05) is 25.1 Å². The molecule has 1 fully saturated rings. The number of rotatable bonds is 3. The summed E-state index contributed by atoms with van der Waals surface area (Å²) in [6.45, 7) is 4.43. The van der Waals surface area contributed by atoms with Crippen molar-refractivity contribution in [3.05, 3.63) is 35.6 Å². The predicted molar refractivity (Wildman–Crippen MR) is 65.3 cm³/mol. The van der Waals surface area contributed by atoms with E-state index >= 15 is 0 Å². The Labute approximate surface area is 101 Å². The fraction of sp³-hybridized carbons (Fsp3) is 0.500. The fourth-order valence-electron chi connectivity index (χ4n) is 2.28. The molecule has 1 aromatic rings. The van der Waals surface area contributed by atoms with Gasteiger partial charge in [0.1, 0.15) is 11.6 Å². The number of hydrogen-bond donors (Lipinski definition) is 0. The Morgan fingerprint density at radius 3 is 2.88 bits per heavy atom. The maximum absolute atomic E-state index is 13.4. The Hall–Kier alpha value is -1.22. The first-order valence-corrected chi connectivity index (χ1v) is 6.15. The second-order valence-electron chi connectivity index (χ2n) is 4.76. The quantitative estimate of drug-likeness (QED) is 0.801. The molecule has 0 aliphatic carbocycles. The van der Waals surface area contributed by atoms with Crippen LogP contribution in [0.25, 0.3) is 0 Å². The van der Waals surface area contributed by atoms with Crippen molar-refractivity contribution in [2.24, 2.45) is 5.92 Å². The van der Waals surface area contributed by atoms with Gasteiger partial charge in [-0.05, 0) is 18.1 Å². The first kappa shape index (κ1) is 12.2. The minimum Gasteiger partial charge on any atom is -0.302 e. The first-order valence-electron chi connectivity index (χ1n) is 6.15. The molecule has 1 aromatic carbocycles. The summed E-state index contributed by atoms with van der Waals surface area (Å²) in [5.41, 5.74) is 0.761. The van der Waals surface area contributed by atoms with Crippen molar-refractivity contribution < 1.29 is 9.18 Å². The van der Waals surface area contributed by atoms with Crippen molar-refractivity contribution in [2.75, 3.05) is 19.6 Å². The standard InChI is InChI=1S/C14H18FNO/c1-11-10-16(9-7-14(11)17)8-6-12-4-2-3-5-13(12)15/h2-5,11H,6-10H2,1H3. The van der Waals surface area contributed by atoms with E-state index in [9.17, 15) is 9.18 Å². The van der Waals surface area contributed by atoms with Gasteiger partial charge in [0.25, 0.3) is 0 Å². The van der Waals surface area contributed by atoms with E-state index in [1.54, 1.807) is 6.07 Å². The van der Waals surface area contributed by atoms with E-state index in [-0.39, 0.29) is 11.7 Å². The smallest absolute Gasteiger partial charge is 0.138 e. The Kier molecular flexibility index (Phi) is 3.89. The zero-order chi connectivity index (χ0) is 12.3. The van der Waals surface area contributed by atoms with Gasteiger partial charge < -0.3 is 4.90 Å². The molecule has 1 unspecified atom stereocenters. The van der Waals surface area contributed by atoms with Crippen LogP contribution in [0.15, 0.2) is 24.3 Å². The largest absolute Gasteiger partial charge is 0.302 e. The van der Waals surface area contributed by atoms with Gasteiger partial charge in [-0.2, -0.15) is 0 Å². The average molecular weight is 235 g/mol. The molecular weight excluding hydrogens is 217 g/mol. The number of nitrogens with zero attached hydrogens (tertiary/aromatic N) is 1. The maximum atomic E-state index is 13.4. The molecule has 0 saturated carbocycles. The number of ketones is 1. The van der Waals surface area contributed by atoms with E-state index in [1.165, 1.54) is 6.07 Å². The molecule has 1 aliphatic rings. The van der Waals surface area contributed by atoms with Crippen LogP contribution in [-0.2, 0) is 11.2 Å². The minimum atomic E-state index is -0.131. The molecule has 3 heteroatoms. The Balaban J connectivity index is 1.87. The van der Waals surface area contributed by atoms with Crippen LogP contribution in [-0.4, -0.2) is 30.3 Å². The molecule has 0 bridgehead atoms. The topological polar surface area (TPSA) is 20.3 Å². The van der Waals surface area contributed by atoms with E-state index < -0.39 is 0 Å². The van der Waals surface area contributed by atoms with Gasteiger partial charge in [-0.25, -0.2) is 4.39 Å². The number of carbonyl (C=O) groups excluding carboxylic acids is 1. The monoisotopic (exact) mass is 235 g/mol. The number of halogens is 1. The molecule has 0 N–H and O–H groups in total. The summed E-state index contributed by atoms with van der Waals surface area (Å²) in [6, 6.07) is 6.90. The van der Waals surface area contributed by atoms with E-state index in [1.807, 2.05) is 19.1 Å². The molecule has 1 saturated heterocycles. The molecule has 0 spiro atoms. The Morgan fingerprint density at radius 2 is 2.18 bits per heavy atom. The van der Waals surface area contributed by atoms with Gasteiger partial charge in [-0.15, -0.1) is 0 Å². The number of carbonyl (C=O) groups is 1. The van der Waals surface area contributed by atoms with E-state index in [2.05, 4.69) is 4.90 Å². The fourth-order valence-corrected chi connectivity index (χ4v) is 2.28. The highest BCUT2D eigenvalue weighted by atomic mass is 19.1. The Morgan fingerprint density at radius 1 is 1.41 bits per heavy atom. The number of hydrogen-bond acceptors (Lipinski definition) is 2. The first-order chi connectivity index (χ1) is 8.16. The third kappa shape index (κ3) is 3.13. The minimum absolute atomic E-state index is 0.129. The predicted octanol–water partition coefficient (Wildman–Crippen LogP) is 2.28. The second-order valence-corrected chi connectivity index (χ2v) is 4.76. The van der Waals surface area contributed by atoms with Crippen molar-refractivity contribution in [3.63, 3.8) is 0 Å². The summed E-state index contributed by atoms with van der Waals surface area (Å²) < 4.78 is 13.4. The van der Waals surface area contributed by atoms with Crippen LogP contribution in [0.2, 0.25) is 0 Å². The highest BCUT2D eigenvalue weighted by molar-refractivity contribution is 5.81. The van der Waals surface area contributed by atoms with Crippen molar-refractivity contribution in [1.82, 2.24) is 4.90 Å². The lowest BCUT2D eigenvalue weighted by Crippen LogP contribution is -2.40. The molecular formula is C14H18FNO. The van der Waals surface area contributed by atoms with Crippen LogP contribution < -0.4 is 0 Å². The van der Waals surface area contributed by atoms with Crippen LogP contribution in [0, 0.1) is 11.7 Å². The molecule has 2 nitrogen and oxygen atoms in total. The van der Waals surface area contributed by atoms with Gasteiger partial charge >= 0.3 is 0 Å². The van der Waals surface area contributed by atoms with Gasteiger partial charge in [0, 0.05) is 32.0 Å². The molecule has 17 heavy (non-hydrogen) atoms. The highest BCUT2D eigenvalue weighted by Crippen LogP contribution is 2.14. The third-order valence-corrected chi connectivity index (χ3v) is 3.41. The van der Waals surface area contributed by atoms with Crippen LogP contribution in [0.5, 0.6) is 0 Å². The van der Waals surface area contributed by atoms with E-state index in [0.29, 0.717) is 18.6 Å². The van der Waals surface area contributed by atoms with Gasteiger partial charge in [0.2, 0.25) is 0 Å². The summed E-state index contributed by atoms with van der Waals surface area (Å²) in [5.74, 6) is 0.352. The van der Waals surface area contributed by atoms with Gasteiger partial charge in [0.05, 0.1) is 0 Å². The SMILES string of the molecule is CC1CN(CCc2ccccc2F)CCC1=O. The van der Waals surface area contributed by atoms with Crippen LogP contribution >= 0.6 is 0 Å². The zero-order valence-corrected chi connectivity index (χ0v) is 10.2. The Bertz CT molecular complexity index is 405. The van der Waals surface area contributed by atoms with E-state index in [0.717, 1.165) is 25.2 Å². The molecule has 2 rings (SSSR count). The molecule has 0 aromatic heterocycles. The number of Topliss-reactive ketones (excluding diaryl/α,β-unsaturated/α-hetero) is 1. The summed E-state index contributed by atoms with van der Waals surface area (Å²) in [7, 11) is 0. The summed E-state index contributed by atoms with van der Waals surface area (Å²) in [5, 5.41) is 0. The van der Waals surface area contributed by atoms with Crippen molar-refractivity contribution in [1.29, 1.82) is 0 Å². The molecule has 92 valence electrons. The van der Waals surface area contributed by atoms with Crippen molar-refractivity contribution >= 4 is 5.78 Å². The van der Waals surface area contributed by atoms with Crippen LogP contribution in [0.1, 0.15) is 18.9 Å². The van der Waals surface area contributed by atoms with Crippen molar-refractivity contribution in [3.8, 4) is 0 Å². The van der Waals surface area contributed by atoms with Gasteiger partial charge in [0.15, 0.2) is 0 Å². The number of piperidine rings is 1. The molecule has 0 amide bonds. The number of likely N-dealkylation sites (tertiary alicyclic amines) is 1. The normalized spacial score (nSPS) is 21.8. The maximum Gasteiger partial charge on any atom is 0.138 e. The van der Waals surface area contributed by atoms with Crippen molar-refractivity contribution in [2.45, 2.75) is 19.8 Å². The van der Waals surface area contributed by atoms with Gasteiger partial charge in [-0.3, -0.25) is 4.79 Å². The summed E-state index contributed by atoms with van der Waals surface area (Å²) in [6.07, 6.45) is 1.35. The summed E-state index contributed by atoms with van der Waals surface area (Å²) in [4.78, 5) is 13.6. The second kappa shape index (κ2) is 5.41. The molecule has 1 heterocycles. The van der Waals surface area contributed by atoms with E-state index in [4.69, 9.17) is 0 Å². The third-order valence-electron chi connectivity index (χ3n) is 3.41. The lowest BCUT2D eigenvalue weighted by atomic mass is 9.98. The summed E-state index contributed by atoms with van der Waals surface area (Å²) >= 11 is 0. The lowest BCUT2D eigenvalue weighted by Gasteiger charge is -2.29. The van der Waals surface area contributed by atoms with Crippen LogP contribution in [0.3, 0.4) is 0 Å². The molecule has 1 atom stereocenters.